The van der Waals surface area contributed by atoms with Gasteiger partial charge in [-0.1, -0.05) is 6.92 Å². The first-order chi connectivity index (χ1) is 8.27. The zero-order valence-electron chi connectivity index (χ0n) is 11.7. The predicted octanol–water partition coefficient (Wildman–Crippen LogP) is 2.63. The molecule has 0 aliphatic carbocycles. The summed E-state index contributed by atoms with van der Waals surface area (Å²) in [6, 6.07) is 1.74. The van der Waals surface area contributed by atoms with E-state index in [0.717, 1.165) is 0 Å². The number of ether oxygens (including phenoxy) is 1. The van der Waals surface area contributed by atoms with Crippen LogP contribution in [-0.4, -0.2) is 21.7 Å². The second kappa shape index (κ2) is 5.33. The van der Waals surface area contributed by atoms with E-state index in [1.165, 1.54) is 0 Å². The number of aromatic nitrogens is 2. The lowest BCUT2D eigenvalue weighted by Crippen LogP contribution is -2.46. The Kier molecular flexibility index (Phi) is 4.27. The lowest BCUT2D eigenvalue weighted by Gasteiger charge is -2.29. The van der Waals surface area contributed by atoms with Crippen LogP contribution in [0, 0.1) is 0 Å². The third-order valence-corrected chi connectivity index (χ3v) is 2.54. The molecule has 1 aromatic rings. The molecule has 0 fully saturated rings. The van der Waals surface area contributed by atoms with E-state index < -0.39 is 17.2 Å². The number of nitrogens with one attached hydrogen (secondary N) is 1. The van der Waals surface area contributed by atoms with Gasteiger partial charge in [-0.2, -0.15) is 0 Å². The Morgan fingerprint density at radius 3 is 2.28 bits per heavy atom. The zero-order valence-corrected chi connectivity index (χ0v) is 11.7. The Morgan fingerprint density at radius 2 is 1.83 bits per heavy atom. The third-order valence-electron chi connectivity index (χ3n) is 2.54. The molecular formula is C13H21N3O2. The molecule has 1 atom stereocenters. The zero-order chi connectivity index (χ0) is 13.8. The normalized spacial score (nSPS) is 14.7. The minimum absolute atomic E-state index is 0.459. The van der Waals surface area contributed by atoms with Crippen molar-refractivity contribution >= 4 is 6.09 Å². The molecule has 5 nitrogen and oxygen atoms in total. The van der Waals surface area contributed by atoms with Crippen LogP contribution in [0.4, 0.5) is 4.79 Å². The van der Waals surface area contributed by atoms with Crippen LogP contribution in [0.3, 0.4) is 0 Å². The standard InChI is InChI=1S/C13H21N3O2/c1-6-13(5,10-14-8-7-9-15-10)16-11(17)18-12(2,3)4/h7-9H,6H2,1-5H3,(H,16,17). The molecule has 100 valence electrons. The number of alkyl carbamates (subject to hydrolysis) is 1. The van der Waals surface area contributed by atoms with Gasteiger partial charge in [0.15, 0.2) is 5.82 Å². The van der Waals surface area contributed by atoms with Gasteiger partial charge in [0.2, 0.25) is 0 Å². The van der Waals surface area contributed by atoms with Crippen LogP contribution in [0.25, 0.3) is 0 Å². The van der Waals surface area contributed by atoms with Gasteiger partial charge in [-0.15, -0.1) is 0 Å². The molecule has 0 radical (unpaired) electrons. The molecule has 1 heterocycles. The summed E-state index contributed by atoms with van der Waals surface area (Å²) >= 11 is 0. The van der Waals surface area contributed by atoms with Gasteiger partial charge >= 0.3 is 6.09 Å². The Balaban J connectivity index is 2.81. The Labute approximate surface area is 108 Å². The first kappa shape index (κ1) is 14.4. The molecule has 0 aliphatic heterocycles. The second-order valence-corrected chi connectivity index (χ2v) is 5.38. The van der Waals surface area contributed by atoms with E-state index in [4.69, 9.17) is 4.74 Å². The average molecular weight is 251 g/mol. The summed E-state index contributed by atoms with van der Waals surface area (Å²) in [5.74, 6) is 0.582. The van der Waals surface area contributed by atoms with Crippen LogP contribution in [-0.2, 0) is 10.3 Å². The summed E-state index contributed by atoms with van der Waals surface area (Å²) in [6.45, 7) is 9.33. The summed E-state index contributed by atoms with van der Waals surface area (Å²) in [5.41, 5.74) is -1.14. The summed E-state index contributed by atoms with van der Waals surface area (Å²) in [6.07, 6.45) is 3.54. The van der Waals surface area contributed by atoms with E-state index in [-0.39, 0.29) is 0 Å². The fourth-order valence-corrected chi connectivity index (χ4v) is 1.42. The van der Waals surface area contributed by atoms with Gasteiger partial charge in [0.1, 0.15) is 11.1 Å². The molecule has 0 aromatic carbocycles. The smallest absolute Gasteiger partial charge is 0.408 e. The van der Waals surface area contributed by atoms with Gasteiger partial charge < -0.3 is 10.1 Å². The van der Waals surface area contributed by atoms with Gasteiger partial charge in [-0.3, -0.25) is 0 Å². The van der Waals surface area contributed by atoms with Crippen LogP contribution in [0.5, 0.6) is 0 Å². The summed E-state index contributed by atoms with van der Waals surface area (Å²) in [7, 11) is 0. The molecule has 0 spiro atoms. The van der Waals surface area contributed by atoms with E-state index in [0.29, 0.717) is 12.2 Å². The number of carbonyl (C=O) groups is 1. The monoisotopic (exact) mass is 251 g/mol. The molecule has 0 saturated heterocycles. The lowest BCUT2D eigenvalue weighted by molar-refractivity contribution is 0.0453. The SMILES string of the molecule is CCC(C)(NC(=O)OC(C)(C)C)c1ncccn1. The van der Waals surface area contributed by atoms with E-state index >= 15 is 0 Å². The maximum atomic E-state index is 11.8. The molecule has 18 heavy (non-hydrogen) atoms. The minimum Gasteiger partial charge on any atom is -0.444 e. The van der Waals surface area contributed by atoms with E-state index in [2.05, 4.69) is 15.3 Å². The van der Waals surface area contributed by atoms with Crippen molar-refractivity contribution in [3.8, 4) is 0 Å². The highest BCUT2D eigenvalue weighted by molar-refractivity contribution is 5.68. The minimum atomic E-state index is -0.621. The van der Waals surface area contributed by atoms with Gasteiger partial charge in [0.25, 0.3) is 0 Å². The number of hydrogen-bond acceptors (Lipinski definition) is 4. The molecule has 1 unspecified atom stereocenters. The molecule has 0 aliphatic rings. The van der Waals surface area contributed by atoms with E-state index in [1.807, 2.05) is 34.6 Å². The van der Waals surface area contributed by atoms with Gasteiger partial charge in [-0.05, 0) is 40.2 Å². The van der Waals surface area contributed by atoms with Crippen molar-refractivity contribution in [1.82, 2.24) is 15.3 Å². The highest BCUT2D eigenvalue weighted by Crippen LogP contribution is 2.21. The van der Waals surface area contributed by atoms with Gasteiger partial charge in [0, 0.05) is 12.4 Å². The van der Waals surface area contributed by atoms with Crippen LogP contribution in [0.15, 0.2) is 18.5 Å². The number of nitrogens with zero attached hydrogens (tertiary/aromatic N) is 2. The highest BCUT2D eigenvalue weighted by atomic mass is 16.6. The largest absolute Gasteiger partial charge is 0.444 e. The van der Waals surface area contributed by atoms with Crippen molar-refractivity contribution in [2.75, 3.05) is 0 Å². The van der Waals surface area contributed by atoms with E-state index in [9.17, 15) is 4.79 Å². The van der Waals surface area contributed by atoms with Crippen molar-refractivity contribution < 1.29 is 9.53 Å². The van der Waals surface area contributed by atoms with Crippen LogP contribution >= 0.6 is 0 Å². The Bertz CT molecular complexity index is 400. The van der Waals surface area contributed by atoms with Gasteiger partial charge in [-0.25, -0.2) is 14.8 Å². The summed E-state index contributed by atoms with van der Waals surface area (Å²) in [5, 5.41) is 2.83. The molecular weight excluding hydrogens is 230 g/mol. The van der Waals surface area contributed by atoms with Crippen molar-refractivity contribution in [3.63, 3.8) is 0 Å². The number of amides is 1. The molecule has 1 N–H and O–H groups in total. The maximum absolute atomic E-state index is 11.8. The first-order valence-electron chi connectivity index (χ1n) is 6.05. The third kappa shape index (κ3) is 3.98. The number of carbonyl (C=O) groups excluding carboxylic acids is 1. The first-order valence-corrected chi connectivity index (χ1v) is 6.05. The fourth-order valence-electron chi connectivity index (χ4n) is 1.42. The van der Waals surface area contributed by atoms with Crippen LogP contribution in [0.2, 0.25) is 0 Å². The fraction of sp³-hybridized carbons (Fsp3) is 0.615. The molecule has 5 heteroatoms. The predicted molar refractivity (Wildman–Crippen MR) is 69.0 cm³/mol. The molecule has 0 bridgehead atoms. The molecule has 1 rings (SSSR count). The van der Waals surface area contributed by atoms with Crippen LogP contribution < -0.4 is 5.32 Å². The van der Waals surface area contributed by atoms with Crippen LogP contribution in [0.1, 0.15) is 46.9 Å². The summed E-state index contributed by atoms with van der Waals surface area (Å²) < 4.78 is 5.25. The van der Waals surface area contributed by atoms with Crippen molar-refractivity contribution in [3.05, 3.63) is 24.3 Å². The van der Waals surface area contributed by atoms with Gasteiger partial charge in [0.05, 0.1) is 0 Å². The second-order valence-electron chi connectivity index (χ2n) is 5.38. The van der Waals surface area contributed by atoms with Crippen molar-refractivity contribution in [2.45, 2.75) is 52.2 Å². The topological polar surface area (TPSA) is 64.1 Å². The van der Waals surface area contributed by atoms with Crippen molar-refractivity contribution in [1.29, 1.82) is 0 Å². The van der Waals surface area contributed by atoms with E-state index in [1.54, 1.807) is 18.5 Å². The Hall–Kier alpha value is -1.65. The maximum Gasteiger partial charge on any atom is 0.408 e. The van der Waals surface area contributed by atoms with Crippen molar-refractivity contribution in [2.24, 2.45) is 0 Å². The quantitative estimate of drug-likeness (QED) is 0.897. The Morgan fingerprint density at radius 1 is 1.28 bits per heavy atom. The highest BCUT2D eigenvalue weighted by Gasteiger charge is 2.31. The average Bonchev–Trinajstić information content (AvgIpc) is 2.27. The molecule has 1 aromatic heterocycles. The number of hydrogen-bond donors (Lipinski definition) is 1. The lowest BCUT2D eigenvalue weighted by atomic mass is 9.98. The number of rotatable bonds is 3. The summed E-state index contributed by atoms with van der Waals surface area (Å²) in [4.78, 5) is 20.2. The molecule has 0 saturated carbocycles. The molecule has 1 amide bonds.